The molecule has 1 aromatic heterocycles. The molecule has 22 heavy (non-hydrogen) atoms. The number of esters is 1. The number of aryl methyl sites for hydroxylation is 1. The Kier molecular flexibility index (Phi) is 4.96. The van der Waals surface area contributed by atoms with E-state index in [2.05, 4.69) is 14.7 Å². The van der Waals surface area contributed by atoms with Gasteiger partial charge in [0.1, 0.15) is 17.5 Å². The number of thioether (sulfide) groups is 1. The lowest BCUT2D eigenvalue weighted by atomic mass is 10.1. The number of nitrogen functional groups attached to an aromatic ring is 1. The summed E-state index contributed by atoms with van der Waals surface area (Å²) in [6.07, 6.45) is 0. The molecule has 0 aliphatic heterocycles. The summed E-state index contributed by atoms with van der Waals surface area (Å²) in [6, 6.07) is 9.10. The number of methoxy groups -OCH3 is 1. The summed E-state index contributed by atoms with van der Waals surface area (Å²) in [7, 11) is 1.35. The number of ether oxygens (including phenoxy) is 1. The molecule has 1 aromatic carbocycles. The molecule has 0 atom stereocenters. The number of hydrogen-bond acceptors (Lipinski definition) is 7. The van der Waals surface area contributed by atoms with Crippen molar-refractivity contribution < 1.29 is 9.53 Å². The summed E-state index contributed by atoms with van der Waals surface area (Å²) in [5.74, 6) is 0.461. The number of benzene rings is 1. The van der Waals surface area contributed by atoms with Gasteiger partial charge in [0.05, 0.1) is 18.4 Å². The molecule has 0 fully saturated rings. The molecular weight excluding hydrogens is 300 g/mol. The van der Waals surface area contributed by atoms with E-state index < -0.39 is 0 Å². The van der Waals surface area contributed by atoms with Crippen molar-refractivity contribution in [1.29, 1.82) is 5.26 Å². The van der Waals surface area contributed by atoms with Gasteiger partial charge in [0.2, 0.25) is 0 Å². The Morgan fingerprint density at radius 1 is 1.36 bits per heavy atom. The van der Waals surface area contributed by atoms with Crippen molar-refractivity contribution in [3.05, 3.63) is 46.6 Å². The highest BCUT2D eigenvalue weighted by molar-refractivity contribution is 7.98. The van der Waals surface area contributed by atoms with Gasteiger partial charge in [-0.25, -0.2) is 14.8 Å². The minimum Gasteiger partial charge on any atom is -0.465 e. The summed E-state index contributed by atoms with van der Waals surface area (Å²) in [4.78, 5) is 19.7. The van der Waals surface area contributed by atoms with Gasteiger partial charge in [-0.1, -0.05) is 23.9 Å². The average molecular weight is 314 g/mol. The van der Waals surface area contributed by atoms with Crippen LogP contribution < -0.4 is 5.73 Å². The topological polar surface area (TPSA) is 102 Å². The van der Waals surface area contributed by atoms with Crippen LogP contribution in [0.25, 0.3) is 0 Å². The normalized spacial score (nSPS) is 10.0. The number of anilines is 1. The zero-order valence-electron chi connectivity index (χ0n) is 12.2. The van der Waals surface area contributed by atoms with Crippen molar-refractivity contribution in [2.75, 3.05) is 12.8 Å². The first-order valence-electron chi connectivity index (χ1n) is 6.39. The molecule has 0 aliphatic carbocycles. The average Bonchev–Trinajstić information content (AvgIpc) is 2.52. The number of carbonyl (C=O) groups excluding carboxylic acids is 1. The van der Waals surface area contributed by atoms with Gasteiger partial charge < -0.3 is 10.5 Å². The summed E-state index contributed by atoms with van der Waals surface area (Å²) in [5, 5.41) is 9.45. The molecule has 6 nitrogen and oxygen atoms in total. The Hall–Kier alpha value is -2.59. The molecule has 2 aromatic rings. The quantitative estimate of drug-likeness (QED) is 0.525. The van der Waals surface area contributed by atoms with Crippen molar-refractivity contribution >= 4 is 23.5 Å². The summed E-state index contributed by atoms with van der Waals surface area (Å²) >= 11 is 1.41. The number of carbonyl (C=O) groups is 1. The lowest BCUT2D eigenvalue weighted by Gasteiger charge is -2.05. The Morgan fingerprint density at radius 3 is 2.59 bits per heavy atom. The molecule has 112 valence electrons. The van der Waals surface area contributed by atoms with E-state index in [4.69, 9.17) is 11.0 Å². The maximum atomic E-state index is 11.4. The molecule has 0 aliphatic rings. The van der Waals surface area contributed by atoms with E-state index in [1.807, 2.05) is 18.2 Å². The van der Waals surface area contributed by atoms with Crippen LogP contribution in [-0.4, -0.2) is 23.0 Å². The summed E-state index contributed by atoms with van der Waals surface area (Å²) < 4.78 is 4.65. The minimum atomic E-state index is -0.363. The zero-order chi connectivity index (χ0) is 16.1. The van der Waals surface area contributed by atoms with Crippen LogP contribution in [0.15, 0.2) is 29.4 Å². The third kappa shape index (κ3) is 3.54. The first-order chi connectivity index (χ1) is 10.5. The Bertz CT molecular complexity index is 715. The second kappa shape index (κ2) is 6.91. The zero-order valence-corrected chi connectivity index (χ0v) is 13.0. The number of rotatable bonds is 4. The van der Waals surface area contributed by atoms with Gasteiger partial charge in [-0.2, -0.15) is 5.26 Å². The second-order valence-corrected chi connectivity index (χ2v) is 5.38. The maximum absolute atomic E-state index is 11.4. The number of hydrogen-bond donors (Lipinski definition) is 1. The highest BCUT2D eigenvalue weighted by Crippen LogP contribution is 2.22. The molecule has 0 amide bonds. The van der Waals surface area contributed by atoms with Crippen LogP contribution in [-0.2, 0) is 10.5 Å². The predicted octanol–water partition coefficient (Wildman–Crippen LogP) is 2.32. The predicted molar refractivity (Wildman–Crippen MR) is 83.2 cm³/mol. The van der Waals surface area contributed by atoms with Crippen molar-refractivity contribution in [3.8, 4) is 6.07 Å². The van der Waals surface area contributed by atoms with Crippen LogP contribution in [0.5, 0.6) is 0 Å². The van der Waals surface area contributed by atoms with Gasteiger partial charge in [-0.3, -0.25) is 0 Å². The molecule has 0 saturated heterocycles. The van der Waals surface area contributed by atoms with Gasteiger partial charge in [-0.15, -0.1) is 0 Å². The molecule has 7 heteroatoms. The van der Waals surface area contributed by atoms with Gasteiger partial charge in [-0.05, 0) is 24.6 Å². The molecule has 2 N–H and O–H groups in total. The second-order valence-electron chi connectivity index (χ2n) is 4.44. The van der Waals surface area contributed by atoms with E-state index in [0.29, 0.717) is 27.7 Å². The maximum Gasteiger partial charge on any atom is 0.337 e. The molecule has 0 radical (unpaired) electrons. The van der Waals surface area contributed by atoms with Crippen molar-refractivity contribution in [2.45, 2.75) is 17.8 Å². The fourth-order valence-electron chi connectivity index (χ4n) is 1.77. The Balaban J connectivity index is 2.07. The van der Waals surface area contributed by atoms with E-state index in [-0.39, 0.29) is 11.8 Å². The molecule has 0 spiro atoms. The standard InChI is InChI=1S/C15H14N4O2S/c1-9-12(7-16)13(17)19-15(18-9)22-8-10-3-5-11(6-4-10)14(20)21-2/h3-6H,8H2,1-2H3,(H2,17,18,19). The first-order valence-corrected chi connectivity index (χ1v) is 7.38. The van der Waals surface area contributed by atoms with Crippen molar-refractivity contribution in [3.63, 3.8) is 0 Å². The van der Waals surface area contributed by atoms with Crippen LogP contribution in [0, 0.1) is 18.3 Å². The number of nitrogens with two attached hydrogens (primary N) is 1. The van der Waals surface area contributed by atoms with Crippen LogP contribution in [0.4, 0.5) is 5.82 Å². The molecule has 0 saturated carbocycles. The van der Waals surface area contributed by atoms with Gasteiger partial charge in [0.25, 0.3) is 0 Å². The third-order valence-electron chi connectivity index (χ3n) is 2.95. The lowest BCUT2D eigenvalue weighted by molar-refractivity contribution is 0.0600. The van der Waals surface area contributed by atoms with Crippen molar-refractivity contribution in [2.24, 2.45) is 0 Å². The highest BCUT2D eigenvalue weighted by Gasteiger charge is 2.10. The number of nitriles is 1. The fraction of sp³-hybridized carbons (Fsp3) is 0.200. The number of aromatic nitrogens is 2. The third-order valence-corrected chi connectivity index (χ3v) is 3.87. The number of nitrogens with zero attached hydrogens (tertiary/aromatic N) is 3. The van der Waals surface area contributed by atoms with Gasteiger partial charge in [0, 0.05) is 5.75 Å². The smallest absolute Gasteiger partial charge is 0.337 e. The van der Waals surface area contributed by atoms with E-state index in [1.165, 1.54) is 18.9 Å². The molecule has 1 heterocycles. The van der Waals surface area contributed by atoms with Gasteiger partial charge in [0.15, 0.2) is 5.16 Å². The largest absolute Gasteiger partial charge is 0.465 e. The molecular formula is C15H14N4O2S. The van der Waals surface area contributed by atoms with Crippen LogP contribution in [0.2, 0.25) is 0 Å². The van der Waals surface area contributed by atoms with Crippen LogP contribution >= 0.6 is 11.8 Å². The summed E-state index contributed by atoms with van der Waals surface area (Å²) in [5.41, 5.74) is 8.13. The molecule has 2 rings (SSSR count). The first kappa shape index (κ1) is 15.8. The fourth-order valence-corrected chi connectivity index (χ4v) is 2.63. The van der Waals surface area contributed by atoms with Crippen LogP contribution in [0.1, 0.15) is 27.2 Å². The van der Waals surface area contributed by atoms with Crippen molar-refractivity contribution in [1.82, 2.24) is 9.97 Å². The summed E-state index contributed by atoms with van der Waals surface area (Å²) in [6.45, 7) is 1.73. The highest BCUT2D eigenvalue weighted by atomic mass is 32.2. The molecule has 0 bridgehead atoms. The Morgan fingerprint density at radius 2 is 2.05 bits per heavy atom. The minimum absolute atomic E-state index is 0.193. The lowest BCUT2D eigenvalue weighted by Crippen LogP contribution is -2.02. The SMILES string of the molecule is COC(=O)c1ccc(CSc2nc(C)c(C#N)c(N)n2)cc1. The van der Waals surface area contributed by atoms with Crippen LogP contribution in [0.3, 0.4) is 0 Å². The van der Waals surface area contributed by atoms with Gasteiger partial charge >= 0.3 is 5.97 Å². The molecule has 0 unspecified atom stereocenters. The van der Waals surface area contributed by atoms with E-state index in [1.54, 1.807) is 19.1 Å². The monoisotopic (exact) mass is 314 g/mol. The van der Waals surface area contributed by atoms with E-state index in [9.17, 15) is 4.79 Å². The van der Waals surface area contributed by atoms with E-state index >= 15 is 0 Å². The van der Waals surface area contributed by atoms with E-state index in [0.717, 1.165) is 5.56 Å². The Labute approximate surface area is 132 Å².